The summed E-state index contributed by atoms with van der Waals surface area (Å²) >= 11 is 0. The minimum absolute atomic E-state index is 0.0257. The van der Waals surface area contributed by atoms with E-state index in [0.717, 1.165) is 30.4 Å². The van der Waals surface area contributed by atoms with Crippen molar-refractivity contribution in [2.45, 2.75) is 40.0 Å². The molecule has 0 spiro atoms. The van der Waals surface area contributed by atoms with Crippen LogP contribution in [0.3, 0.4) is 0 Å². The standard InChI is InChI=1S/C16H24N2O2/c1-4-5-6-9-17-15(19)11-18-16(20)14-8-7-12(2)13(3)10-14/h7-8,10H,4-6,9,11H2,1-3H3,(H,17,19)(H,18,20). The molecule has 0 bridgehead atoms. The average molecular weight is 276 g/mol. The Morgan fingerprint density at radius 1 is 1.05 bits per heavy atom. The summed E-state index contributed by atoms with van der Waals surface area (Å²) in [6, 6.07) is 5.52. The largest absolute Gasteiger partial charge is 0.355 e. The first-order chi connectivity index (χ1) is 9.54. The molecule has 0 saturated heterocycles. The summed E-state index contributed by atoms with van der Waals surface area (Å²) in [5, 5.41) is 5.43. The van der Waals surface area contributed by atoms with Crippen molar-refractivity contribution < 1.29 is 9.59 Å². The third-order valence-electron chi connectivity index (χ3n) is 3.28. The molecule has 20 heavy (non-hydrogen) atoms. The molecule has 1 aromatic carbocycles. The van der Waals surface area contributed by atoms with Crippen LogP contribution in [0.5, 0.6) is 0 Å². The van der Waals surface area contributed by atoms with Gasteiger partial charge in [-0.15, -0.1) is 0 Å². The second-order valence-corrected chi connectivity index (χ2v) is 5.04. The van der Waals surface area contributed by atoms with Gasteiger partial charge in [0.05, 0.1) is 6.54 Å². The van der Waals surface area contributed by atoms with E-state index in [4.69, 9.17) is 0 Å². The number of hydrogen-bond donors (Lipinski definition) is 2. The average Bonchev–Trinajstić information content (AvgIpc) is 2.44. The SMILES string of the molecule is CCCCCNC(=O)CNC(=O)c1ccc(C)c(C)c1. The van der Waals surface area contributed by atoms with Crippen LogP contribution in [0.4, 0.5) is 0 Å². The Hall–Kier alpha value is -1.84. The molecule has 0 radical (unpaired) electrons. The van der Waals surface area contributed by atoms with Crippen molar-refractivity contribution in [3.05, 3.63) is 34.9 Å². The third-order valence-corrected chi connectivity index (χ3v) is 3.28. The Bertz CT molecular complexity index is 470. The predicted octanol–water partition coefficient (Wildman–Crippen LogP) is 2.34. The Morgan fingerprint density at radius 3 is 2.45 bits per heavy atom. The monoisotopic (exact) mass is 276 g/mol. The number of unbranched alkanes of at least 4 members (excludes halogenated alkanes) is 2. The van der Waals surface area contributed by atoms with E-state index < -0.39 is 0 Å². The lowest BCUT2D eigenvalue weighted by molar-refractivity contribution is -0.120. The van der Waals surface area contributed by atoms with Crippen molar-refractivity contribution >= 4 is 11.8 Å². The Balaban J connectivity index is 2.35. The Kier molecular flexibility index (Phi) is 6.77. The van der Waals surface area contributed by atoms with Crippen LogP contribution in [0.25, 0.3) is 0 Å². The van der Waals surface area contributed by atoms with E-state index in [9.17, 15) is 9.59 Å². The number of amides is 2. The van der Waals surface area contributed by atoms with E-state index in [2.05, 4.69) is 17.6 Å². The summed E-state index contributed by atoms with van der Waals surface area (Å²) in [5.74, 6) is -0.352. The summed E-state index contributed by atoms with van der Waals surface area (Å²) < 4.78 is 0. The molecule has 2 amide bonds. The highest BCUT2D eigenvalue weighted by Gasteiger charge is 2.08. The fourth-order valence-electron chi connectivity index (χ4n) is 1.81. The molecule has 0 saturated carbocycles. The van der Waals surface area contributed by atoms with Crippen molar-refractivity contribution in [2.24, 2.45) is 0 Å². The molecule has 1 rings (SSSR count). The van der Waals surface area contributed by atoms with Gasteiger partial charge in [0.25, 0.3) is 5.91 Å². The summed E-state index contributed by atoms with van der Waals surface area (Å²) in [5.41, 5.74) is 2.81. The zero-order chi connectivity index (χ0) is 15.0. The molecule has 0 atom stereocenters. The van der Waals surface area contributed by atoms with Crippen LogP contribution in [0, 0.1) is 13.8 Å². The summed E-state index contributed by atoms with van der Waals surface area (Å²) in [6.45, 7) is 6.78. The predicted molar refractivity (Wildman–Crippen MR) is 80.8 cm³/mol. The molecule has 0 unspecified atom stereocenters. The highest BCUT2D eigenvalue weighted by Crippen LogP contribution is 2.09. The lowest BCUT2D eigenvalue weighted by Crippen LogP contribution is -2.37. The van der Waals surface area contributed by atoms with E-state index >= 15 is 0 Å². The maximum atomic E-state index is 11.9. The Morgan fingerprint density at radius 2 is 1.80 bits per heavy atom. The van der Waals surface area contributed by atoms with Crippen molar-refractivity contribution in [3.63, 3.8) is 0 Å². The van der Waals surface area contributed by atoms with Crippen molar-refractivity contribution in [1.29, 1.82) is 0 Å². The first-order valence-electron chi connectivity index (χ1n) is 7.16. The van der Waals surface area contributed by atoms with Gasteiger partial charge in [0, 0.05) is 12.1 Å². The van der Waals surface area contributed by atoms with Gasteiger partial charge in [-0.05, 0) is 43.5 Å². The summed E-state index contributed by atoms with van der Waals surface area (Å²) in [4.78, 5) is 23.4. The summed E-state index contributed by atoms with van der Waals surface area (Å²) in [7, 11) is 0. The molecule has 0 aromatic heterocycles. The van der Waals surface area contributed by atoms with Gasteiger partial charge < -0.3 is 10.6 Å². The molecular formula is C16H24N2O2. The highest BCUT2D eigenvalue weighted by molar-refractivity contribution is 5.96. The van der Waals surface area contributed by atoms with E-state index in [-0.39, 0.29) is 18.4 Å². The number of aryl methyl sites for hydroxylation is 2. The molecular weight excluding hydrogens is 252 g/mol. The molecule has 2 N–H and O–H groups in total. The van der Waals surface area contributed by atoms with E-state index in [1.54, 1.807) is 6.07 Å². The highest BCUT2D eigenvalue weighted by atomic mass is 16.2. The number of rotatable bonds is 7. The number of nitrogens with one attached hydrogen (secondary N) is 2. The van der Waals surface area contributed by atoms with E-state index in [1.165, 1.54) is 0 Å². The zero-order valence-electron chi connectivity index (χ0n) is 12.6. The van der Waals surface area contributed by atoms with Crippen LogP contribution < -0.4 is 10.6 Å². The normalized spacial score (nSPS) is 10.2. The lowest BCUT2D eigenvalue weighted by atomic mass is 10.1. The van der Waals surface area contributed by atoms with Gasteiger partial charge in [-0.25, -0.2) is 0 Å². The molecule has 1 aromatic rings. The first-order valence-corrected chi connectivity index (χ1v) is 7.16. The van der Waals surface area contributed by atoms with Crippen molar-refractivity contribution in [1.82, 2.24) is 10.6 Å². The molecule has 4 heteroatoms. The Labute approximate surface area is 121 Å². The topological polar surface area (TPSA) is 58.2 Å². The molecule has 0 aliphatic heterocycles. The van der Waals surface area contributed by atoms with Crippen LogP contribution in [0.15, 0.2) is 18.2 Å². The number of carbonyl (C=O) groups is 2. The van der Waals surface area contributed by atoms with Gasteiger partial charge in [0.2, 0.25) is 5.91 Å². The van der Waals surface area contributed by atoms with Crippen LogP contribution >= 0.6 is 0 Å². The maximum Gasteiger partial charge on any atom is 0.251 e. The fraction of sp³-hybridized carbons (Fsp3) is 0.500. The second kappa shape index (κ2) is 8.35. The van der Waals surface area contributed by atoms with E-state index in [1.807, 2.05) is 26.0 Å². The lowest BCUT2D eigenvalue weighted by Gasteiger charge is -2.08. The quantitative estimate of drug-likeness (QED) is 0.751. The van der Waals surface area contributed by atoms with Crippen molar-refractivity contribution in [2.75, 3.05) is 13.1 Å². The van der Waals surface area contributed by atoms with Crippen molar-refractivity contribution in [3.8, 4) is 0 Å². The smallest absolute Gasteiger partial charge is 0.251 e. The van der Waals surface area contributed by atoms with Gasteiger partial charge in [-0.2, -0.15) is 0 Å². The van der Waals surface area contributed by atoms with Gasteiger partial charge in [0.15, 0.2) is 0 Å². The number of carbonyl (C=O) groups excluding carboxylic acids is 2. The fourth-order valence-corrected chi connectivity index (χ4v) is 1.81. The molecule has 0 fully saturated rings. The van der Waals surface area contributed by atoms with E-state index in [0.29, 0.717) is 12.1 Å². The van der Waals surface area contributed by atoms with Gasteiger partial charge in [-0.3, -0.25) is 9.59 Å². The van der Waals surface area contributed by atoms with Gasteiger partial charge in [-0.1, -0.05) is 25.8 Å². The van der Waals surface area contributed by atoms with Crippen LogP contribution in [0.2, 0.25) is 0 Å². The van der Waals surface area contributed by atoms with Crippen LogP contribution in [-0.4, -0.2) is 24.9 Å². The number of hydrogen-bond acceptors (Lipinski definition) is 2. The first kappa shape index (κ1) is 16.2. The molecule has 110 valence electrons. The minimum Gasteiger partial charge on any atom is -0.355 e. The van der Waals surface area contributed by atoms with Crippen LogP contribution in [0.1, 0.15) is 47.7 Å². The number of benzene rings is 1. The summed E-state index contributed by atoms with van der Waals surface area (Å²) in [6.07, 6.45) is 3.21. The maximum absolute atomic E-state index is 11.9. The molecule has 0 aliphatic carbocycles. The molecule has 4 nitrogen and oxygen atoms in total. The molecule has 0 aliphatic rings. The van der Waals surface area contributed by atoms with Gasteiger partial charge >= 0.3 is 0 Å². The van der Waals surface area contributed by atoms with Crippen LogP contribution in [-0.2, 0) is 4.79 Å². The zero-order valence-corrected chi connectivity index (χ0v) is 12.6. The third kappa shape index (κ3) is 5.43. The molecule has 0 heterocycles. The second-order valence-electron chi connectivity index (χ2n) is 5.04. The van der Waals surface area contributed by atoms with Gasteiger partial charge in [0.1, 0.15) is 0 Å². The minimum atomic E-state index is -0.211.